The summed E-state index contributed by atoms with van der Waals surface area (Å²) in [4.78, 5) is 18.1. The van der Waals surface area contributed by atoms with E-state index in [4.69, 9.17) is 4.74 Å². The average Bonchev–Trinajstić information content (AvgIpc) is 3.05. The zero-order valence-corrected chi connectivity index (χ0v) is 15.0. The molecular formula is C17H30N4O2. The topological polar surface area (TPSA) is 59.4 Å². The Balaban J connectivity index is 1.74. The largest absolute Gasteiger partial charge is 0.444 e. The third-order valence-corrected chi connectivity index (χ3v) is 3.98. The minimum absolute atomic E-state index is 0.196. The zero-order valence-electron chi connectivity index (χ0n) is 15.0. The van der Waals surface area contributed by atoms with Crippen LogP contribution in [0.5, 0.6) is 0 Å². The summed E-state index contributed by atoms with van der Waals surface area (Å²) < 4.78 is 7.61. The number of amides is 1. The van der Waals surface area contributed by atoms with Crippen molar-refractivity contribution in [2.75, 3.05) is 19.6 Å². The first-order valence-corrected chi connectivity index (χ1v) is 8.45. The zero-order chi connectivity index (χ0) is 17.0. The number of aromatic nitrogens is 2. The van der Waals surface area contributed by atoms with Crippen LogP contribution in [0.1, 0.15) is 52.8 Å². The standard InChI is InChI=1S/C17H30N4O2/c1-13(2)21-12-19-10-15(21)9-18-8-14-6-7-20(11-14)16(22)23-17(3,4)5/h10,12-14,18H,6-9,11H2,1-5H3. The van der Waals surface area contributed by atoms with Crippen LogP contribution in [-0.2, 0) is 11.3 Å². The quantitative estimate of drug-likeness (QED) is 0.905. The second-order valence-electron chi connectivity index (χ2n) is 7.60. The van der Waals surface area contributed by atoms with Crippen molar-refractivity contribution < 1.29 is 9.53 Å². The van der Waals surface area contributed by atoms with Gasteiger partial charge in [-0.2, -0.15) is 0 Å². The molecule has 0 bridgehead atoms. The third kappa shape index (κ3) is 5.23. The fraction of sp³-hybridized carbons (Fsp3) is 0.765. The molecule has 0 saturated carbocycles. The van der Waals surface area contributed by atoms with Crippen LogP contribution in [0.15, 0.2) is 12.5 Å². The van der Waals surface area contributed by atoms with E-state index >= 15 is 0 Å². The first kappa shape index (κ1) is 17.8. The molecule has 6 heteroatoms. The van der Waals surface area contributed by atoms with Crippen molar-refractivity contribution in [2.24, 2.45) is 5.92 Å². The van der Waals surface area contributed by atoms with E-state index in [1.165, 1.54) is 5.69 Å². The van der Waals surface area contributed by atoms with Gasteiger partial charge >= 0.3 is 6.09 Å². The van der Waals surface area contributed by atoms with Gasteiger partial charge < -0.3 is 19.5 Å². The van der Waals surface area contributed by atoms with Crippen LogP contribution < -0.4 is 5.32 Å². The van der Waals surface area contributed by atoms with E-state index in [-0.39, 0.29) is 6.09 Å². The molecule has 1 aliphatic heterocycles. The van der Waals surface area contributed by atoms with Gasteiger partial charge in [-0.05, 0) is 47.0 Å². The maximum atomic E-state index is 12.1. The van der Waals surface area contributed by atoms with Gasteiger partial charge in [-0.15, -0.1) is 0 Å². The first-order valence-electron chi connectivity index (χ1n) is 8.45. The van der Waals surface area contributed by atoms with Crippen molar-refractivity contribution in [1.82, 2.24) is 19.8 Å². The number of ether oxygens (including phenoxy) is 1. The number of carbonyl (C=O) groups is 1. The van der Waals surface area contributed by atoms with Crippen LogP contribution in [0, 0.1) is 5.92 Å². The van der Waals surface area contributed by atoms with E-state index in [0.29, 0.717) is 12.0 Å². The van der Waals surface area contributed by atoms with Gasteiger partial charge in [0, 0.05) is 38.4 Å². The Labute approximate surface area is 139 Å². The van der Waals surface area contributed by atoms with Crippen LogP contribution in [0.2, 0.25) is 0 Å². The van der Waals surface area contributed by atoms with Crippen molar-refractivity contribution in [1.29, 1.82) is 0 Å². The SMILES string of the molecule is CC(C)n1cncc1CNCC1CCN(C(=O)OC(C)(C)C)C1. The molecule has 1 aliphatic rings. The summed E-state index contributed by atoms with van der Waals surface area (Å²) in [6.07, 6.45) is 4.61. The molecule has 6 nitrogen and oxygen atoms in total. The lowest BCUT2D eigenvalue weighted by Gasteiger charge is -2.24. The van der Waals surface area contributed by atoms with Crippen molar-refractivity contribution in [2.45, 2.75) is 59.2 Å². The number of likely N-dealkylation sites (tertiary alicyclic amines) is 1. The number of hydrogen-bond donors (Lipinski definition) is 1. The summed E-state index contributed by atoms with van der Waals surface area (Å²) in [5.74, 6) is 0.484. The molecule has 2 heterocycles. The minimum Gasteiger partial charge on any atom is -0.444 e. The Hall–Kier alpha value is -1.56. The summed E-state index contributed by atoms with van der Waals surface area (Å²) >= 11 is 0. The smallest absolute Gasteiger partial charge is 0.410 e. The van der Waals surface area contributed by atoms with Crippen LogP contribution in [0.3, 0.4) is 0 Å². The second kappa shape index (κ2) is 7.34. The van der Waals surface area contributed by atoms with Crippen molar-refractivity contribution in [3.05, 3.63) is 18.2 Å². The number of hydrogen-bond acceptors (Lipinski definition) is 4. The monoisotopic (exact) mass is 322 g/mol. The Morgan fingerprint density at radius 3 is 2.87 bits per heavy atom. The van der Waals surface area contributed by atoms with Gasteiger partial charge in [0.1, 0.15) is 5.60 Å². The summed E-state index contributed by atoms with van der Waals surface area (Å²) in [5.41, 5.74) is 0.768. The van der Waals surface area contributed by atoms with Gasteiger partial charge in [-0.25, -0.2) is 9.78 Å². The van der Waals surface area contributed by atoms with Crippen LogP contribution in [0.25, 0.3) is 0 Å². The average molecular weight is 322 g/mol. The summed E-state index contributed by atoms with van der Waals surface area (Å²) in [7, 11) is 0. The molecule has 0 radical (unpaired) electrons. The summed E-state index contributed by atoms with van der Waals surface area (Å²) in [5, 5.41) is 3.49. The van der Waals surface area contributed by atoms with Crippen molar-refractivity contribution >= 4 is 6.09 Å². The molecule has 1 aromatic heterocycles. The molecule has 0 aliphatic carbocycles. The Morgan fingerprint density at radius 1 is 1.48 bits per heavy atom. The molecule has 1 aromatic rings. The van der Waals surface area contributed by atoms with E-state index in [2.05, 4.69) is 28.7 Å². The molecule has 1 unspecified atom stereocenters. The van der Waals surface area contributed by atoms with E-state index < -0.39 is 5.60 Å². The Kier molecular flexibility index (Phi) is 5.68. The molecule has 1 fully saturated rings. The molecule has 0 spiro atoms. The molecule has 23 heavy (non-hydrogen) atoms. The molecule has 1 atom stereocenters. The molecule has 2 rings (SSSR count). The number of rotatable bonds is 5. The molecule has 0 aromatic carbocycles. The predicted octanol–water partition coefficient (Wildman–Crippen LogP) is 2.81. The maximum absolute atomic E-state index is 12.1. The van der Waals surface area contributed by atoms with E-state index in [1.54, 1.807) is 0 Å². The third-order valence-electron chi connectivity index (χ3n) is 3.98. The highest BCUT2D eigenvalue weighted by molar-refractivity contribution is 5.68. The highest BCUT2D eigenvalue weighted by atomic mass is 16.6. The Morgan fingerprint density at radius 2 is 2.22 bits per heavy atom. The minimum atomic E-state index is -0.428. The van der Waals surface area contributed by atoms with Crippen molar-refractivity contribution in [3.63, 3.8) is 0 Å². The van der Waals surface area contributed by atoms with Gasteiger partial charge in [0.25, 0.3) is 0 Å². The van der Waals surface area contributed by atoms with Crippen molar-refractivity contribution in [3.8, 4) is 0 Å². The van der Waals surface area contributed by atoms with Crippen LogP contribution in [0.4, 0.5) is 4.79 Å². The molecule has 130 valence electrons. The van der Waals surface area contributed by atoms with Crippen LogP contribution in [-0.4, -0.2) is 45.8 Å². The van der Waals surface area contributed by atoms with E-state index in [9.17, 15) is 4.79 Å². The molecule has 1 amide bonds. The lowest BCUT2D eigenvalue weighted by atomic mass is 10.1. The first-order chi connectivity index (χ1) is 10.8. The number of imidazole rings is 1. The lowest BCUT2D eigenvalue weighted by molar-refractivity contribution is 0.0288. The molecule has 1 saturated heterocycles. The van der Waals surface area contributed by atoms with E-state index in [0.717, 1.165) is 32.6 Å². The number of nitrogens with one attached hydrogen (secondary N) is 1. The highest BCUT2D eigenvalue weighted by Crippen LogP contribution is 2.19. The normalized spacial score (nSPS) is 18.7. The van der Waals surface area contributed by atoms with Crippen LogP contribution >= 0.6 is 0 Å². The maximum Gasteiger partial charge on any atom is 0.410 e. The van der Waals surface area contributed by atoms with Gasteiger partial charge in [0.15, 0.2) is 0 Å². The highest BCUT2D eigenvalue weighted by Gasteiger charge is 2.29. The van der Waals surface area contributed by atoms with Gasteiger partial charge in [-0.1, -0.05) is 0 Å². The molecular weight excluding hydrogens is 292 g/mol. The number of nitrogens with zero attached hydrogens (tertiary/aromatic N) is 3. The summed E-state index contributed by atoms with van der Waals surface area (Å²) in [6, 6.07) is 0.420. The predicted molar refractivity (Wildman–Crippen MR) is 90.2 cm³/mol. The van der Waals surface area contributed by atoms with Gasteiger partial charge in [0.05, 0.1) is 12.0 Å². The van der Waals surface area contributed by atoms with Gasteiger partial charge in [0.2, 0.25) is 0 Å². The Bertz CT molecular complexity index is 519. The number of carbonyl (C=O) groups excluding carboxylic acids is 1. The fourth-order valence-corrected chi connectivity index (χ4v) is 2.83. The molecule has 1 N–H and O–H groups in total. The second-order valence-corrected chi connectivity index (χ2v) is 7.60. The lowest BCUT2D eigenvalue weighted by Crippen LogP contribution is -2.36. The fourth-order valence-electron chi connectivity index (χ4n) is 2.83. The van der Waals surface area contributed by atoms with E-state index in [1.807, 2.05) is 38.2 Å². The van der Waals surface area contributed by atoms with Gasteiger partial charge in [-0.3, -0.25) is 0 Å². The summed E-state index contributed by atoms with van der Waals surface area (Å²) in [6.45, 7) is 13.3.